The third-order valence-corrected chi connectivity index (χ3v) is 8.48. The van der Waals surface area contributed by atoms with Gasteiger partial charge in [0.25, 0.3) is 10.0 Å². The van der Waals surface area contributed by atoms with Crippen LogP contribution >= 0.6 is 11.3 Å². The summed E-state index contributed by atoms with van der Waals surface area (Å²) in [7, 11) is 0.804. The molecule has 0 radical (unpaired) electrons. The standard InChI is InChI=1S/C21H25NO8S2/c1-27-17-11-15(12-18(28-2)20(17)29-3)16(23)13-30-21(24)14-6-8-22(9-7-14)32(25,26)19-5-4-10-31-19/h4-5,10-12,14H,6-9,13H2,1-3H3. The van der Waals surface area contributed by atoms with Crippen molar-refractivity contribution in [3.8, 4) is 17.2 Å². The van der Waals surface area contributed by atoms with Crippen molar-refractivity contribution < 1.29 is 37.0 Å². The maximum atomic E-state index is 12.6. The number of hydrogen-bond donors (Lipinski definition) is 0. The number of hydrogen-bond acceptors (Lipinski definition) is 9. The second kappa shape index (κ2) is 10.3. The summed E-state index contributed by atoms with van der Waals surface area (Å²) in [5.74, 6) is -0.402. The molecule has 3 rings (SSSR count). The minimum Gasteiger partial charge on any atom is -0.493 e. The van der Waals surface area contributed by atoms with Gasteiger partial charge in [-0.3, -0.25) is 9.59 Å². The van der Waals surface area contributed by atoms with E-state index in [4.69, 9.17) is 18.9 Å². The first-order chi connectivity index (χ1) is 15.3. The lowest BCUT2D eigenvalue weighted by Crippen LogP contribution is -2.40. The molecule has 0 aliphatic carbocycles. The van der Waals surface area contributed by atoms with Gasteiger partial charge in [-0.25, -0.2) is 8.42 Å². The Morgan fingerprint density at radius 2 is 1.69 bits per heavy atom. The maximum absolute atomic E-state index is 12.6. The average molecular weight is 484 g/mol. The fourth-order valence-corrected chi connectivity index (χ4v) is 6.06. The molecule has 0 saturated carbocycles. The first-order valence-corrected chi connectivity index (χ1v) is 12.2. The zero-order valence-electron chi connectivity index (χ0n) is 18.0. The first-order valence-electron chi connectivity index (χ1n) is 9.85. The quantitative estimate of drug-likeness (QED) is 0.396. The monoisotopic (exact) mass is 483 g/mol. The van der Waals surface area contributed by atoms with Crippen LogP contribution in [0.1, 0.15) is 23.2 Å². The van der Waals surface area contributed by atoms with Crippen LogP contribution in [-0.2, 0) is 19.6 Å². The van der Waals surface area contributed by atoms with Crippen molar-refractivity contribution in [2.75, 3.05) is 41.0 Å². The number of methoxy groups -OCH3 is 3. The Hall–Kier alpha value is -2.63. The molecular formula is C21H25NO8S2. The maximum Gasteiger partial charge on any atom is 0.309 e. The molecule has 32 heavy (non-hydrogen) atoms. The molecule has 1 saturated heterocycles. The van der Waals surface area contributed by atoms with Crippen molar-refractivity contribution in [1.82, 2.24) is 4.31 Å². The van der Waals surface area contributed by atoms with Gasteiger partial charge < -0.3 is 18.9 Å². The van der Waals surface area contributed by atoms with Crippen molar-refractivity contribution in [2.45, 2.75) is 17.1 Å². The lowest BCUT2D eigenvalue weighted by atomic mass is 9.98. The van der Waals surface area contributed by atoms with Crippen LogP contribution in [-0.4, -0.2) is 65.5 Å². The largest absolute Gasteiger partial charge is 0.493 e. The minimum atomic E-state index is -3.54. The van der Waals surface area contributed by atoms with Gasteiger partial charge in [-0.15, -0.1) is 11.3 Å². The topological polar surface area (TPSA) is 108 Å². The number of nitrogens with zero attached hydrogens (tertiary/aromatic N) is 1. The van der Waals surface area contributed by atoms with Crippen LogP contribution in [0.3, 0.4) is 0 Å². The number of carbonyl (C=O) groups excluding carboxylic acids is 2. The van der Waals surface area contributed by atoms with Crippen LogP contribution < -0.4 is 14.2 Å². The number of ether oxygens (including phenoxy) is 4. The van der Waals surface area contributed by atoms with Gasteiger partial charge in [0.1, 0.15) is 4.21 Å². The Labute approximate surface area is 190 Å². The summed E-state index contributed by atoms with van der Waals surface area (Å²) in [5, 5.41) is 1.71. The molecule has 1 aromatic carbocycles. The van der Waals surface area contributed by atoms with Gasteiger partial charge in [0.05, 0.1) is 27.2 Å². The van der Waals surface area contributed by atoms with Crippen molar-refractivity contribution in [3.63, 3.8) is 0 Å². The van der Waals surface area contributed by atoms with Gasteiger partial charge in [0.2, 0.25) is 11.5 Å². The summed E-state index contributed by atoms with van der Waals surface area (Å²) in [6.45, 7) is 0.00677. The van der Waals surface area contributed by atoms with E-state index in [9.17, 15) is 18.0 Å². The predicted octanol–water partition coefficient (Wildman–Crippen LogP) is 2.60. The Morgan fingerprint density at radius 1 is 1.06 bits per heavy atom. The summed E-state index contributed by atoms with van der Waals surface area (Å²) >= 11 is 1.16. The summed E-state index contributed by atoms with van der Waals surface area (Å²) in [4.78, 5) is 25.0. The van der Waals surface area contributed by atoms with Crippen LogP contribution in [0.4, 0.5) is 0 Å². The molecule has 1 aliphatic rings. The molecule has 1 fully saturated rings. The lowest BCUT2D eigenvalue weighted by molar-refractivity contribution is -0.148. The number of ketones is 1. The minimum absolute atomic E-state index is 0.223. The van der Waals surface area contributed by atoms with Gasteiger partial charge >= 0.3 is 5.97 Å². The van der Waals surface area contributed by atoms with E-state index >= 15 is 0 Å². The highest BCUT2D eigenvalue weighted by molar-refractivity contribution is 7.91. The van der Waals surface area contributed by atoms with Crippen molar-refractivity contribution in [1.29, 1.82) is 0 Å². The van der Waals surface area contributed by atoms with Gasteiger partial charge in [-0.2, -0.15) is 4.31 Å². The third-order valence-electron chi connectivity index (χ3n) is 5.21. The van der Waals surface area contributed by atoms with Crippen molar-refractivity contribution in [2.24, 2.45) is 5.92 Å². The fourth-order valence-electron chi connectivity index (χ4n) is 3.45. The van der Waals surface area contributed by atoms with E-state index in [-0.39, 0.29) is 22.9 Å². The predicted molar refractivity (Wildman–Crippen MR) is 117 cm³/mol. The summed E-state index contributed by atoms with van der Waals surface area (Å²) in [5.41, 5.74) is 0.254. The van der Waals surface area contributed by atoms with Gasteiger partial charge in [-0.05, 0) is 36.4 Å². The molecule has 11 heteroatoms. The number of Topliss-reactive ketones (excluding diaryl/α,β-unsaturated/α-hetero) is 1. The summed E-state index contributed by atoms with van der Waals surface area (Å²) < 4.78 is 47.8. The molecule has 0 atom stereocenters. The van der Waals surface area contributed by atoms with E-state index in [0.717, 1.165) is 11.3 Å². The lowest BCUT2D eigenvalue weighted by Gasteiger charge is -2.29. The average Bonchev–Trinajstić information content (AvgIpc) is 3.37. The molecule has 2 heterocycles. The van der Waals surface area contributed by atoms with Crippen molar-refractivity contribution >= 4 is 33.1 Å². The van der Waals surface area contributed by atoms with Crippen LogP contribution in [0.25, 0.3) is 0 Å². The Bertz CT molecular complexity index is 1030. The first kappa shape index (κ1) is 24.0. The number of rotatable bonds is 9. The number of piperidine rings is 1. The summed E-state index contributed by atoms with van der Waals surface area (Å²) in [6.07, 6.45) is 0.670. The Balaban J connectivity index is 1.57. The SMILES string of the molecule is COc1cc(C(=O)COC(=O)C2CCN(S(=O)(=O)c3cccs3)CC2)cc(OC)c1OC. The Morgan fingerprint density at radius 3 is 2.19 bits per heavy atom. The van der Waals surface area contributed by atoms with Crippen LogP contribution in [0, 0.1) is 5.92 Å². The normalized spacial score (nSPS) is 15.2. The number of esters is 1. The zero-order valence-corrected chi connectivity index (χ0v) is 19.7. The molecule has 0 bridgehead atoms. The molecule has 9 nitrogen and oxygen atoms in total. The smallest absolute Gasteiger partial charge is 0.309 e. The molecule has 0 N–H and O–H groups in total. The molecule has 0 amide bonds. The fraction of sp³-hybridized carbons (Fsp3) is 0.429. The van der Waals surface area contributed by atoms with Crippen LogP contribution in [0.15, 0.2) is 33.9 Å². The second-order valence-corrected chi connectivity index (χ2v) is 10.2. The highest BCUT2D eigenvalue weighted by Crippen LogP contribution is 2.38. The highest BCUT2D eigenvalue weighted by Gasteiger charge is 2.33. The molecular weight excluding hydrogens is 458 g/mol. The number of thiophene rings is 1. The zero-order chi connectivity index (χ0) is 23.3. The second-order valence-electron chi connectivity index (χ2n) is 7.06. The van der Waals surface area contributed by atoms with E-state index in [1.807, 2.05) is 0 Å². The number of sulfonamides is 1. The van der Waals surface area contributed by atoms with E-state index in [1.54, 1.807) is 17.5 Å². The Kier molecular flexibility index (Phi) is 7.75. The molecule has 2 aromatic rings. The molecule has 174 valence electrons. The van der Waals surface area contributed by atoms with Crippen LogP contribution in [0.5, 0.6) is 17.2 Å². The third kappa shape index (κ3) is 5.05. The molecule has 1 aromatic heterocycles. The number of carbonyl (C=O) groups is 2. The van der Waals surface area contributed by atoms with E-state index in [0.29, 0.717) is 30.1 Å². The van der Waals surface area contributed by atoms with Crippen molar-refractivity contribution in [3.05, 3.63) is 35.2 Å². The van der Waals surface area contributed by atoms with Gasteiger partial charge in [0.15, 0.2) is 18.1 Å². The van der Waals surface area contributed by atoms with E-state index in [2.05, 4.69) is 0 Å². The number of benzene rings is 1. The van der Waals surface area contributed by atoms with E-state index < -0.39 is 34.3 Å². The molecule has 0 spiro atoms. The molecule has 1 aliphatic heterocycles. The van der Waals surface area contributed by atoms with Gasteiger partial charge in [-0.1, -0.05) is 6.07 Å². The van der Waals surface area contributed by atoms with E-state index in [1.165, 1.54) is 37.8 Å². The van der Waals surface area contributed by atoms with Gasteiger partial charge in [0, 0.05) is 18.7 Å². The highest BCUT2D eigenvalue weighted by atomic mass is 32.2. The molecule has 0 unspecified atom stereocenters. The summed E-state index contributed by atoms with van der Waals surface area (Å²) in [6, 6.07) is 6.23. The van der Waals surface area contributed by atoms with Crippen LogP contribution in [0.2, 0.25) is 0 Å².